The van der Waals surface area contributed by atoms with Gasteiger partial charge in [0.15, 0.2) is 0 Å². The molecule has 0 aliphatic carbocycles. The van der Waals surface area contributed by atoms with E-state index >= 15 is 0 Å². The van der Waals surface area contributed by atoms with Crippen molar-refractivity contribution in [3.63, 3.8) is 0 Å². The molecule has 0 saturated carbocycles. The number of likely N-dealkylation sites (tertiary alicyclic amines) is 1. The summed E-state index contributed by atoms with van der Waals surface area (Å²) < 4.78 is 38.3. The lowest BCUT2D eigenvalue weighted by Crippen LogP contribution is -2.44. The number of nitrogens with zero attached hydrogens (tertiary/aromatic N) is 2. The fraction of sp³-hybridized carbons (Fsp3) is 0.458. The minimum absolute atomic E-state index is 0.0709. The van der Waals surface area contributed by atoms with Gasteiger partial charge in [-0.3, -0.25) is 4.79 Å². The molecule has 2 aromatic rings. The second-order valence-electron chi connectivity index (χ2n) is 8.43. The Balaban J connectivity index is 1.46. The Morgan fingerprint density at radius 2 is 1.67 bits per heavy atom. The van der Waals surface area contributed by atoms with Gasteiger partial charge in [-0.25, -0.2) is 8.42 Å². The van der Waals surface area contributed by atoms with E-state index in [0.717, 1.165) is 29.9 Å². The fourth-order valence-corrected chi connectivity index (χ4v) is 6.38. The number of methoxy groups -OCH3 is 2. The zero-order chi connectivity index (χ0) is 23.6. The maximum Gasteiger partial charge on any atom is 0.243 e. The number of hydrogen-bond acceptors (Lipinski definition) is 5. The van der Waals surface area contributed by atoms with E-state index in [0.29, 0.717) is 37.5 Å². The lowest BCUT2D eigenvalue weighted by Gasteiger charge is -2.34. The van der Waals surface area contributed by atoms with E-state index in [1.807, 2.05) is 23.1 Å². The van der Waals surface area contributed by atoms with Crippen LogP contribution in [-0.2, 0) is 14.8 Å². The van der Waals surface area contributed by atoms with Crippen LogP contribution in [0, 0.1) is 5.92 Å². The first-order chi connectivity index (χ1) is 15.8. The number of benzene rings is 2. The van der Waals surface area contributed by atoms with Gasteiger partial charge < -0.3 is 14.4 Å². The summed E-state index contributed by atoms with van der Waals surface area (Å²) in [5.41, 5.74) is 0.949. The summed E-state index contributed by atoms with van der Waals surface area (Å²) in [6.45, 7) is 1.33. The molecular formula is C24H29ClN2O5S. The molecule has 0 aromatic heterocycles. The van der Waals surface area contributed by atoms with Crippen LogP contribution in [0.15, 0.2) is 47.4 Å². The molecule has 0 spiro atoms. The highest BCUT2D eigenvalue weighted by molar-refractivity contribution is 7.89. The van der Waals surface area contributed by atoms with Crippen molar-refractivity contribution in [2.75, 3.05) is 33.9 Å². The zero-order valence-corrected chi connectivity index (χ0v) is 20.4. The van der Waals surface area contributed by atoms with Crippen LogP contribution in [0.5, 0.6) is 11.5 Å². The predicted molar refractivity (Wildman–Crippen MR) is 126 cm³/mol. The van der Waals surface area contributed by atoms with Crippen LogP contribution in [0.3, 0.4) is 0 Å². The molecule has 0 radical (unpaired) electrons. The smallest absolute Gasteiger partial charge is 0.243 e. The third-order valence-corrected chi connectivity index (χ3v) is 8.75. The standard InChI is InChI=1S/C24H29ClN2O5S/c1-31-19-7-10-23(32-2)21(16-19)22-4-3-13-27(22)24(28)17-11-14-26(15-12-17)33(29,30)20-8-5-18(25)6-9-20/h5-10,16-17,22H,3-4,11-15H2,1-2H3. The van der Waals surface area contributed by atoms with Gasteiger partial charge in [0.05, 0.1) is 25.2 Å². The summed E-state index contributed by atoms with van der Waals surface area (Å²) in [7, 11) is -0.350. The summed E-state index contributed by atoms with van der Waals surface area (Å²) in [5.74, 6) is 1.36. The van der Waals surface area contributed by atoms with Gasteiger partial charge in [-0.2, -0.15) is 4.31 Å². The highest BCUT2D eigenvalue weighted by Gasteiger charge is 2.38. The van der Waals surface area contributed by atoms with Crippen LogP contribution >= 0.6 is 11.6 Å². The first kappa shape index (κ1) is 23.9. The highest BCUT2D eigenvalue weighted by Crippen LogP contribution is 2.40. The number of carbonyl (C=O) groups excluding carboxylic acids is 1. The Labute approximate surface area is 200 Å². The second kappa shape index (κ2) is 9.91. The number of amides is 1. The average Bonchev–Trinajstić information content (AvgIpc) is 3.33. The third-order valence-electron chi connectivity index (χ3n) is 6.59. The molecule has 0 bridgehead atoms. The quantitative estimate of drug-likeness (QED) is 0.606. The summed E-state index contributed by atoms with van der Waals surface area (Å²) in [6.07, 6.45) is 2.79. The minimum atomic E-state index is -3.60. The molecule has 1 atom stereocenters. The molecule has 2 aliphatic heterocycles. The fourth-order valence-electron chi connectivity index (χ4n) is 4.79. The molecule has 9 heteroatoms. The van der Waals surface area contributed by atoms with Crippen molar-refractivity contribution >= 4 is 27.5 Å². The minimum Gasteiger partial charge on any atom is -0.497 e. The molecule has 178 valence electrons. The molecule has 33 heavy (non-hydrogen) atoms. The number of sulfonamides is 1. The van der Waals surface area contributed by atoms with Gasteiger partial charge in [-0.15, -0.1) is 0 Å². The maximum absolute atomic E-state index is 13.5. The largest absolute Gasteiger partial charge is 0.497 e. The number of ether oxygens (including phenoxy) is 2. The lowest BCUT2D eigenvalue weighted by atomic mass is 9.95. The first-order valence-corrected chi connectivity index (χ1v) is 12.9. The van der Waals surface area contributed by atoms with Crippen molar-refractivity contribution in [2.45, 2.75) is 36.6 Å². The first-order valence-electron chi connectivity index (χ1n) is 11.1. The van der Waals surface area contributed by atoms with Crippen LogP contribution in [0.2, 0.25) is 5.02 Å². The van der Waals surface area contributed by atoms with Crippen molar-refractivity contribution in [1.82, 2.24) is 9.21 Å². The third kappa shape index (κ3) is 4.83. The molecule has 4 rings (SSSR count). The molecule has 2 heterocycles. The van der Waals surface area contributed by atoms with Crippen molar-refractivity contribution < 1.29 is 22.7 Å². The van der Waals surface area contributed by atoms with Gasteiger partial charge in [0, 0.05) is 36.1 Å². The van der Waals surface area contributed by atoms with Crippen LogP contribution in [0.4, 0.5) is 0 Å². The number of halogens is 1. The Bertz CT molecular complexity index is 1100. The van der Waals surface area contributed by atoms with Crippen molar-refractivity contribution in [1.29, 1.82) is 0 Å². The molecule has 1 unspecified atom stereocenters. The Morgan fingerprint density at radius 1 is 0.970 bits per heavy atom. The number of piperidine rings is 1. The second-order valence-corrected chi connectivity index (χ2v) is 10.8. The van der Waals surface area contributed by atoms with Gasteiger partial charge in [0.2, 0.25) is 15.9 Å². The van der Waals surface area contributed by atoms with Crippen LogP contribution < -0.4 is 9.47 Å². The summed E-state index contributed by atoms with van der Waals surface area (Å²) >= 11 is 5.89. The van der Waals surface area contributed by atoms with Crippen molar-refractivity contribution in [3.05, 3.63) is 53.1 Å². The molecule has 7 nitrogen and oxygen atoms in total. The molecule has 2 saturated heterocycles. The lowest BCUT2D eigenvalue weighted by molar-refractivity contribution is -0.137. The normalized spacial score (nSPS) is 20.1. The summed E-state index contributed by atoms with van der Waals surface area (Å²) in [4.78, 5) is 15.6. The number of rotatable bonds is 6. The molecule has 2 aliphatic rings. The van der Waals surface area contributed by atoms with Crippen LogP contribution in [0.1, 0.15) is 37.3 Å². The van der Waals surface area contributed by atoms with E-state index in [9.17, 15) is 13.2 Å². The Kier molecular flexibility index (Phi) is 7.16. The van der Waals surface area contributed by atoms with Crippen molar-refractivity contribution in [3.8, 4) is 11.5 Å². The van der Waals surface area contributed by atoms with Crippen LogP contribution in [0.25, 0.3) is 0 Å². The molecule has 2 aromatic carbocycles. The zero-order valence-electron chi connectivity index (χ0n) is 18.9. The van der Waals surface area contributed by atoms with Gasteiger partial charge >= 0.3 is 0 Å². The Hall–Kier alpha value is -2.29. The van der Waals surface area contributed by atoms with E-state index in [1.165, 1.54) is 16.4 Å². The van der Waals surface area contributed by atoms with E-state index < -0.39 is 10.0 Å². The molecule has 0 N–H and O–H groups in total. The van der Waals surface area contributed by atoms with E-state index in [-0.39, 0.29) is 22.8 Å². The number of carbonyl (C=O) groups is 1. The van der Waals surface area contributed by atoms with E-state index in [2.05, 4.69) is 0 Å². The molecule has 2 fully saturated rings. The van der Waals surface area contributed by atoms with Gasteiger partial charge in [0.1, 0.15) is 11.5 Å². The Morgan fingerprint density at radius 3 is 2.30 bits per heavy atom. The maximum atomic E-state index is 13.5. The molecular weight excluding hydrogens is 464 g/mol. The summed E-state index contributed by atoms with van der Waals surface area (Å²) in [5, 5.41) is 0.492. The van der Waals surface area contributed by atoms with Crippen molar-refractivity contribution in [2.24, 2.45) is 5.92 Å². The SMILES string of the molecule is COc1ccc(OC)c(C2CCCN2C(=O)C2CCN(S(=O)(=O)c3ccc(Cl)cc3)CC2)c1. The number of hydrogen-bond donors (Lipinski definition) is 0. The average molecular weight is 493 g/mol. The van der Waals surface area contributed by atoms with Crippen LogP contribution in [-0.4, -0.2) is 57.4 Å². The van der Waals surface area contributed by atoms with Gasteiger partial charge in [-0.05, 0) is 68.1 Å². The highest BCUT2D eigenvalue weighted by atomic mass is 35.5. The predicted octanol–water partition coefficient (Wildman–Crippen LogP) is 4.12. The topological polar surface area (TPSA) is 76.2 Å². The van der Waals surface area contributed by atoms with Gasteiger partial charge in [0.25, 0.3) is 0 Å². The van der Waals surface area contributed by atoms with Gasteiger partial charge in [-0.1, -0.05) is 11.6 Å². The van der Waals surface area contributed by atoms with E-state index in [4.69, 9.17) is 21.1 Å². The summed E-state index contributed by atoms with van der Waals surface area (Å²) in [6, 6.07) is 11.8. The monoisotopic (exact) mass is 492 g/mol. The van der Waals surface area contributed by atoms with E-state index in [1.54, 1.807) is 26.4 Å². The molecule has 1 amide bonds.